The van der Waals surface area contributed by atoms with Crippen molar-refractivity contribution >= 4 is 33.7 Å². The summed E-state index contributed by atoms with van der Waals surface area (Å²) in [5.41, 5.74) is 5.03. The van der Waals surface area contributed by atoms with E-state index in [1.165, 1.54) is 11.3 Å². The van der Waals surface area contributed by atoms with Crippen LogP contribution in [-0.2, 0) is 17.8 Å². The molecular formula is C24H22N4O3S. The van der Waals surface area contributed by atoms with Gasteiger partial charge in [-0.1, -0.05) is 18.2 Å². The zero-order valence-electron chi connectivity index (χ0n) is 17.7. The molecule has 0 bridgehead atoms. The van der Waals surface area contributed by atoms with Gasteiger partial charge < -0.3 is 9.84 Å². The molecule has 0 unspecified atom stereocenters. The highest BCUT2D eigenvalue weighted by Crippen LogP contribution is 2.37. The molecule has 2 N–H and O–H groups in total. The minimum atomic E-state index is -0.323. The van der Waals surface area contributed by atoms with Gasteiger partial charge >= 0.3 is 0 Å². The Labute approximate surface area is 188 Å². The predicted molar refractivity (Wildman–Crippen MR) is 127 cm³/mol. The van der Waals surface area contributed by atoms with Crippen LogP contribution in [0.4, 0.5) is 5.95 Å². The second-order valence-electron chi connectivity index (χ2n) is 8.28. The molecule has 0 amide bonds. The summed E-state index contributed by atoms with van der Waals surface area (Å²) in [6, 6.07) is 16.1. The van der Waals surface area contributed by atoms with E-state index in [2.05, 4.69) is 10.5 Å². The Morgan fingerprint density at radius 3 is 2.69 bits per heavy atom. The Hall–Kier alpha value is -3.49. The van der Waals surface area contributed by atoms with Gasteiger partial charge in [0.25, 0.3) is 5.56 Å². The van der Waals surface area contributed by atoms with Gasteiger partial charge in [-0.15, -0.1) is 11.3 Å². The van der Waals surface area contributed by atoms with Crippen LogP contribution in [0.1, 0.15) is 29.9 Å². The van der Waals surface area contributed by atoms with Crippen molar-refractivity contribution < 1.29 is 9.84 Å². The molecule has 2 aromatic carbocycles. The maximum Gasteiger partial charge on any atom is 0.268 e. The highest BCUT2D eigenvalue weighted by Gasteiger charge is 2.31. The molecule has 0 aliphatic carbocycles. The summed E-state index contributed by atoms with van der Waals surface area (Å²) < 4.78 is 7.51. The summed E-state index contributed by atoms with van der Waals surface area (Å²) in [4.78, 5) is 20.2. The van der Waals surface area contributed by atoms with Crippen LogP contribution < -0.4 is 11.0 Å². The molecule has 0 saturated carbocycles. The lowest BCUT2D eigenvalue weighted by Gasteiger charge is -2.29. The molecule has 1 aliphatic heterocycles. The van der Waals surface area contributed by atoms with Crippen LogP contribution in [0, 0.1) is 0 Å². The number of hydrogen-bond acceptors (Lipinski definition) is 7. The molecule has 0 atom stereocenters. The third-order valence-electron chi connectivity index (χ3n) is 5.39. The first-order valence-electron chi connectivity index (χ1n) is 10.3. The summed E-state index contributed by atoms with van der Waals surface area (Å²) >= 11 is 1.50. The highest BCUT2D eigenvalue weighted by molar-refractivity contribution is 7.18. The van der Waals surface area contributed by atoms with E-state index in [-0.39, 0.29) is 16.9 Å². The number of hydrazone groups is 1. The fourth-order valence-electron chi connectivity index (χ4n) is 3.81. The number of aromatic nitrogens is 2. The summed E-state index contributed by atoms with van der Waals surface area (Å²) in [6.45, 7) is 4.56. The standard InChI is InChI=1S/C24H22N4O3S/c1-24(2)12-18-19(14-31-24)32-21-20(18)22(30)28(16-6-4-3-5-7-16)23(26-21)27-25-13-15-8-10-17(29)11-9-15/h3-11,13,29H,12,14H2,1-2H3,(H,26,27). The number of ether oxygens (including phenoxy) is 1. The number of benzene rings is 2. The fourth-order valence-corrected chi connectivity index (χ4v) is 4.90. The second-order valence-corrected chi connectivity index (χ2v) is 9.37. The predicted octanol–water partition coefficient (Wildman–Crippen LogP) is 4.45. The van der Waals surface area contributed by atoms with Crippen molar-refractivity contribution in [3.05, 3.63) is 81.0 Å². The molecular weight excluding hydrogens is 424 g/mol. The molecule has 162 valence electrons. The number of nitrogens with one attached hydrogen (secondary N) is 1. The molecule has 32 heavy (non-hydrogen) atoms. The first kappa shape index (κ1) is 20.4. The number of fused-ring (bicyclic) bond motifs is 3. The van der Waals surface area contributed by atoms with Crippen LogP contribution in [0.3, 0.4) is 0 Å². The summed E-state index contributed by atoms with van der Waals surface area (Å²) in [5, 5.41) is 14.4. The molecule has 7 nitrogen and oxygen atoms in total. The van der Waals surface area contributed by atoms with E-state index < -0.39 is 0 Å². The number of thiophene rings is 1. The number of aromatic hydroxyl groups is 1. The van der Waals surface area contributed by atoms with Gasteiger partial charge in [0.1, 0.15) is 10.6 Å². The van der Waals surface area contributed by atoms with Crippen LogP contribution in [0.15, 0.2) is 64.5 Å². The summed E-state index contributed by atoms with van der Waals surface area (Å²) in [6.07, 6.45) is 2.28. The molecule has 1 aliphatic rings. The fraction of sp³-hybridized carbons (Fsp3) is 0.208. The molecule has 3 heterocycles. The van der Waals surface area contributed by atoms with Gasteiger partial charge in [-0.25, -0.2) is 15.0 Å². The zero-order valence-corrected chi connectivity index (χ0v) is 18.5. The van der Waals surface area contributed by atoms with Crippen molar-refractivity contribution in [1.29, 1.82) is 0 Å². The molecule has 0 radical (unpaired) electrons. The van der Waals surface area contributed by atoms with E-state index in [4.69, 9.17) is 9.72 Å². The Kier molecular flexibility index (Phi) is 5.03. The van der Waals surface area contributed by atoms with E-state index in [1.807, 2.05) is 44.2 Å². The van der Waals surface area contributed by atoms with Crippen LogP contribution in [0.2, 0.25) is 0 Å². The molecule has 2 aromatic heterocycles. The Bertz CT molecular complexity index is 1370. The van der Waals surface area contributed by atoms with E-state index in [1.54, 1.807) is 35.0 Å². The molecule has 4 aromatic rings. The second kappa shape index (κ2) is 7.89. The van der Waals surface area contributed by atoms with Crippen molar-refractivity contribution in [2.45, 2.75) is 32.5 Å². The zero-order chi connectivity index (χ0) is 22.3. The van der Waals surface area contributed by atoms with Crippen molar-refractivity contribution in [2.24, 2.45) is 5.10 Å². The van der Waals surface area contributed by atoms with E-state index in [0.717, 1.165) is 16.0 Å². The normalized spacial score (nSPS) is 15.2. The van der Waals surface area contributed by atoms with Crippen molar-refractivity contribution in [2.75, 3.05) is 5.43 Å². The van der Waals surface area contributed by atoms with Crippen molar-refractivity contribution in [3.63, 3.8) is 0 Å². The van der Waals surface area contributed by atoms with Crippen molar-refractivity contribution in [3.8, 4) is 11.4 Å². The lowest BCUT2D eigenvalue weighted by Crippen LogP contribution is -2.32. The summed E-state index contributed by atoms with van der Waals surface area (Å²) in [7, 11) is 0. The van der Waals surface area contributed by atoms with Gasteiger partial charge in [0.05, 0.1) is 29.5 Å². The largest absolute Gasteiger partial charge is 0.508 e. The van der Waals surface area contributed by atoms with E-state index in [9.17, 15) is 9.90 Å². The van der Waals surface area contributed by atoms with Gasteiger partial charge in [-0.05, 0) is 61.4 Å². The third kappa shape index (κ3) is 3.79. The monoisotopic (exact) mass is 446 g/mol. The highest BCUT2D eigenvalue weighted by atomic mass is 32.1. The first-order valence-corrected chi connectivity index (χ1v) is 11.1. The van der Waals surface area contributed by atoms with Crippen LogP contribution in [0.5, 0.6) is 5.75 Å². The van der Waals surface area contributed by atoms with Crippen LogP contribution >= 0.6 is 11.3 Å². The Balaban J connectivity index is 1.63. The van der Waals surface area contributed by atoms with Gasteiger partial charge in [0.15, 0.2) is 0 Å². The van der Waals surface area contributed by atoms with E-state index in [0.29, 0.717) is 34.9 Å². The SMILES string of the molecule is CC1(C)Cc2c(sc3nc(NN=Cc4ccc(O)cc4)n(-c4ccccc4)c(=O)c23)CO1. The molecule has 8 heteroatoms. The molecule has 5 rings (SSSR count). The maximum absolute atomic E-state index is 13.7. The lowest BCUT2D eigenvalue weighted by atomic mass is 9.94. The Morgan fingerprint density at radius 1 is 1.19 bits per heavy atom. The van der Waals surface area contributed by atoms with Crippen LogP contribution in [-0.4, -0.2) is 26.5 Å². The number of hydrogen-bond donors (Lipinski definition) is 2. The Morgan fingerprint density at radius 2 is 1.94 bits per heavy atom. The van der Waals surface area contributed by atoms with Gasteiger partial charge in [0, 0.05) is 11.3 Å². The van der Waals surface area contributed by atoms with Crippen LogP contribution in [0.25, 0.3) is 15.9 Å². The topological polar surface area (TPSA) is 88.7 Å². The minimum Gasteiger partial charge on any atom is -0.508 e. The summed E-state index contributed by atoms with van der Waals surface area (Å²) in [5.74, 6) is 0.525. The molecule has 0 fully saturated rings. The van der Waals surface area contributed by atoms with Gasteiger partial charge in [-0.2, -0.15) is 5.10 Å². The molecule has 0 saturated heterocycles. The van der Waals surface area contributed by atoms with E-state index >= 15 is 0 Å². The smallest absolute Gasteiger partial charge is 0.268 e. The number of phenolic OH excluding ortho intramolecular Hbond substituents is 1. The number of rotatable bonds is 4. The van der Waals surface area contributed by atoms with Gasteiger partial charge in [0.2, 0.25) is 5.95 Å². The molecule has 0 spiro atoms. The minimum absolute atomic E-state index is 0.126. The number of anilines is 1. The number of phenols is 1. The quantitative estimate of drug-likeness (QED) is 0.357. The third-order valence-corrected chi connectivity index (χ3v) is 6.49. The average Bonchev–Trinajstić information content (AvgIpc) is 3.12. The first-order chi connectivity index (χ1) is 15.4. The number of para-hydroxylation sites is 1. The maximum atomic E-state index is 13.7. The lowest BCUT2D eigenvalue weighted by molar-refractivity contribution is -0.0379. The van der Waals surface area contributed by atoms with Gasteiger partial charge in [-0.3, -0.25) is 4.79 Å². The van der Waals surface area contributed by atoms with Crippen molar-refractivity contribution in [1.82, 2.24) is 9.55 Å². The average molecular weight is 447 g/mol. The number of nitrogens with zero attached hydrogens (tertiary/aromatic N) is 3.